The van der Waals surface area contributed by atoms with Crippen LogP contribution in [0.25, 0.3) is 10.6 Å². The average Bonchev–Trinajstić information content (AvgIpc) is 3.35. The third-order valence-corrected chi connectivity index (χ3v) is 5.23. The van der Waals surface area contributed by atoms with Gasteiger partial charge in [0.05, 0.1) is 5.69 Å². The van der Waals surface area contributed by atoms with Crippen molar-refractivity contribution in [3.63, 3.8) is 0 Å². The molecule has 4 rings (SSSR count). The minimum Gasteiger partial charge on any atom is -0.491 e. The zero-order valence-electron chi connectivity index (χ0n) is 15.6. The molecule has 7 heteroatoms. The predicted molar refractivity (Wildman–Crippen MR) is 108 cm³/mol. The number of thiazole rings is 1. The molecule has 1 aliphatic rings. The van der Waals surface area contributed by atoms with Crippen LogP contribution in [0, 0.1) is 6.92 Å². The van der Waals surface area contributed by atoms with E-state index in [0.717, 1.165) is 39.1 Å². The van der Waals surface area contributed by atoms with Gasteiger partial charge in [0, 0.05) is 24.0 Å². The van der Waals surface area contributed by atoms with E-state index in [9.17, 15) is 5.11 Å². The van der Waals surface area contributed by atoms with Crippen molar-refractivity contribution in [1.29, 1.82) is 0 Å². The third-order valence-electron chi connectivity index (χ3n) is 4.29. The summed E-state index contributed by atoms with van der Waals surface area (Å²) in [5.74, 6) is 2.29. The van der Waals surface area contributed by atoms with Crippen molar-refractivity contribution in [2.45, 2.75) is 19.6 Å². The predicted octanol–water partition coefficient (Wildman–Crippen LogP) is 3.38. The van der Waals surface area contributed by atoms with Gasteiger partial charge in [0.25, 0.3) is 0 Å². The number of benzene rings is 2. The molecule has 0 saturated heterocycles. The van der Waals surface area contributed by atoms with Gasteiger partial charge in [-0.2, -0.15) is 0 Å². The van der Waals surface area contributed by atoms with Crippen LogP contribution in [-0.2, 0) is 6.54 Å². The number of ether oxygens (including phenoxy) is 3. The standard InChI is InChI=1S/C21H22N2O4S/c1-14-3-2-4-18(7-14)25-11-17(24)10-22-9-16-12-28-21(23-16)15-5-6-19-20(8-15)27-13-26-19/h2-8,12,17,22,24H,9-11,13H2,1H3. The number of aliphatic hydroxyl groups excluding tert-OH is 1. The smallest absolute Gasteiger partial charge is 0.231 e. The van der Waals surface area contributed by atoms with Gasteiger partial charge >= 0.3 is 0 Å². The van der Waals surface area contributed by atoms with E-state index in [0.29, 0.717) is 13.1 Å². The highest BCUT2D eigenvalue weighted by Gasteiger charge is 2.15. The normalized spacial score (nSPS) is 13.5. The number of aryl methyl sites for hydroxylation is 1. The van der Waals surface area contributed by atoms with Crippen LogP contribution in [0.4, 0.5) is 0 Å². The second-order valence-corrected chi connectivity index (χ2v) is 7.48. The highest BCUT2D eigenvalue weighted by Crippen LogP contribution is 2.36. The van der Waals surface area contributed by atoms with E-state index in [1.54, 1.807) is 11.3 Å². The lowest BCUT2D eigenvalue weighted by Crippen LogP contribution is -2.31. The summed E-state index contributed by atoms with van der Waals surface area (Å²) in [7, 11) is 0. The lowest BCUT2D eigenvalue weighted by atomic mass is 10.2. The molecule has 0 saturated carbocycles. The van der Waals surface area contributed by atoms with Gasteiger partial charge in [-0.1, -0.05) is 12.1 Å². The molecular weight excluding hydrogens is 376 g/mol. The Morgan fingerprint density at radius 2 is 2.11 bits per heavy atom. The number of nitrogens with zero attached hydrogens (tertiary/aromatic N) is 1. The molecule has 0 amide bonds. The maximum Gasteiger partial charge on any atom is 0.231 e. The Morgan fingerprint density at radius 1 is 1.21 bits per heavy atom. The maximum absolute atomic E-state index is 10.1. The van der Waals surface area contributed by atoms with Crippen molar-refractivity contribution in [3.05, 3.63) is 59.1 Å². The largest absolute Gasteiger partial charge is 0.491 e. The summed E-state index contributed by atoms with van der Waals surface area (Å²) in [6.45, 7) is 3.54. The molecule has 1 aliphatic heterocycles. The van der Waals surface area contributed by atoms with E-state index >= 15 is 0 Å². The van der Waals surface area contributed by atoms with Crippen molar-refractivity contribution >= 4 is 11.3 Å². The van der Waals surface area contributed by atoms with Gasteiger partial charge in [0.2, 0.25) is 6.79 Å². The van der Waals surface area contributed by atoms with Crippen molar-refractivity contribution in [3.8, 4) is 27.8 Å². The third kappa shape index (κ3) is 4.62. The first kappa shape index (κ1) is 18.7. The van der Waals surface area contributed by atoms with Crippen LogP contribution in [0.15, 0.2) is 47.8 Å². The Bertz CT molecular complexity index is 944. The second kappa shape index (κ2) is 8.60. The van der Waals surface area contributed by atoms with Crippen LogP contribution in [0.1, 0.15) is 11.3 Å². The fraction of sp³-hybridized carbons (Fsp3) is 0.286. The molecule has 0 radical (unpaired) electrons. The summed E-state index contributed by atoms with van der Waals surface area (Å²) >= 11 is 1.58. The van der Waals surface area contributed by atoms with Crippen molar-refractivity contribution in [2.24, 2.45) is 0 Å². The van der Waals surface area contributed by atoms with Gasteiger partial charge in [-0.05, 0) is 42.8 Å². The number of aromatic nitrogens is 1. The molecule has 1 aromatic heterocycles. The Kier molecular flexibility index (Phi) is 5.76. The zero-order chi connectivity index (χ0) is 19.3. The first-order valence-corrected chi connectivity index (χ1v) is 9.98. The van der Waals surface area contributed by atoms with Crippen molar-refractivity contribution in [1.82, 2.24) is 10.3 Å². The number of rotatable bonds is 8. The summed E-state index contributed by atoms with van der Waals surface area (Å²) in [5, 5.41) is 16.3. The molecule has 146 valence electrons. The van der Waals surface area contributed by atoms with E-state index in [1.807, 2.05) is 54.8 Å². The number of hydrogen-bond donors (Lipinski definition) is 2. The molecule has 0 aliphatic carbocycles. The van der Waals surface area contributed by atoms with Gasteiger partial charge < -0.3 is 24.6 Å². The van der Waals surface area contributed by atoms with Crippen LogP contribution >= 0.6 is 11.3 Å². The van der Waals surface area contributed by atoms with Crippen LogP contribution in [0.2, 0.25) is 0 Å². The van der Waals surface area contributed by atoms with E-state index in [4.69, 9.17) is 14.2 Å². The molecule has 28 heavy (non-hydrogen) atoms. The van der Waals surface area contributed by atoms with Crippen molar-refractivity contribution < 1.29 is 19.3 Å². The minimum absolute atomic E-state index is 0.246. The summed E-state index contributed by atoms with van der Waals surface area (Å²) in [4.78, 5) is 4.65. The molecule has 2 N–H and O–H groups in total. The first-order chi connectivity index (χ1) is 13.7. The molecule has 0 fully saturated rings. The summed E-state index contributed by atoms with van der Waals surface area (Å²) in [5.41, 5.74) is 3.07. The lowest BCUT2D eigenvalue weighted by Gasteiger charge is -2.13. The molecule has 3 aromatic rings. The Hall–Kier alpha value is -2.61. The molecule has 1 unspecified atom stereocenters. The van der Waals surface area contributed by atoms with Crippen LogP contribution < -0.4 is 19.5 Å². The van der Waals surface area contributed by atoms with E-state index < -0.39 is 6.10 Å². The fourth-order valence-electron chi connectivity index (χ4n) is 2.87. The first-order valence-electron chi connectivity index (χ1n) is 9.10. The fourth-order valence-corrected chi connectivity index (χ4v) is 3.69. The van der Waals surface area contributed by atoms with Crippen LogP contribution in [0.3, 0.4) is 0 Å². The SMILES string of the molecule is Cc1cccc(OCC(O)CNCc2csc(-c3ccc4c(c3)OCO4)n2)c1. The number of nitrogens with one attached hydrogen (secondary N) is 1. The highest BCUT2D eigenvalue weighted by atomic mass is 32.1. The minimum atomic E-state index is -0.590. The zero-order valence-corrected chi connectivity index (χ0v) is 16.4. The molecule has 0 spiro atoms. The molecule has 0 bridgehead atoms. The van der Waals surface area contributed by atoms with Gasteiger partial charge in [-0.15, -0.1) is 11.3 Å². The number of aliphatic hydroxyl groups is 1. The van der Waals surface area contributed by atoms with Crippen LogP contribution in [0.5, 0.6) is 17.2 Å². The lowest BCUT2D eigenvalue weighted by molar-refractivity contribution is 0.106. The molecular formula is C21H22N2O4S. The monoisotopic (exact) mass is 398 g/mol. The quantitative estimate of drug-likeness (QED) is 0.606. The summed E-state index contributed by atoms with van der Waals surface area (Å²) in [6, 6.07) is 13.6. The highest BCUT2D eigenvalue weighted by molar-refractivity contribution is 7.13. The van der Waals surface area contributed by atoms with Gasteiger partial charge in [0.1, 0.15) is 23.5 Å². The molecule has 1 atom stereocenters. The number of hydrogen-bond acceptors (Lipinski definition) is 7. The van der Waals surface area contributed by atoms with E-state index in [2.05, 4.69) is 10.3 Å². The van der Waals surface area contributed by atoms with Gasteiger partial charge in [-0.3, -0.25) is 0 Å². The number of fused-ring (bicyclic) bond motifs is 1. The molecule has 6 nitrogen and oxygen atoms in total. The topological polar surface area (TPSA) is 72.8 Å². The second-order valence-electron chi connectivity index (χ2n) is 6.62. The summed E-state index contributed by atoms with van der Waals surface area (Å²) < 4.78 is 16.4. The maximum atomic E-state index is 10.1. The van der Waals surface area contributed by atoms with Gasteiger partial charge in [-0.25, -0.2) is 4.98 Å². The van der Waals surface area contributed by atoms with Crippen LogP contribution in [-0.4, -0.2) is 36.1 Å². The Morgan fingerprint density at radius 3 is 3.00 bits per heavy atom. The summed E-state index contributed by atoms with van der Waals surface area (Å²) in [6.07, 6.45) is -0.590. The van der Waals surface area contributed by atoms with E-state index in [-0.39, 0.29) is 13.4 Å². The van der Waals surface area contributed by atoms with E-state index in [1.165, 1.54) is 0 Å². The molecule has 2 aromatic carbocycles. The molecule has 2 heterocycles. The Labute approximate surface area is 167 Å². The van der Waals surface area contributed by atoms with Gasteiger partial charge in [0.15, 0.2) is 11.5 Å². The van der Waals surface area contributed by atoms with Crippen molar-refractivity contribution in [2.75, 3.05) is 19.9 Å². The average molecular weight is 398 g/mol. The Balaban J connectivity index is 1.24.